The van der Waals surface area contributed by atoms with Gasteiger partial charge in [-0.15, -0.1) is 11.3 Å². The summed E-state index contributed by atoms with van der Waals surface area (Å²) >= 11 is 1.13. The molecule has 110 valence electrons. The molecule has 0 saturated carbocycles. The lowest BCUT2D eigenvalue weighted by molar-refractivity contribution is -0.0372. The zero-order chi connectivity index (χ0) is 14.8. The van der Waals surface area contributed by atoms with Crippen molar-refractivity contribution >= 4 is 23.2 Å². The molecule has 1 saturated heterocycles. The van der Waals surface area contributed by atoms with Gasteiger partial charge in [0, 0.05) is 11.9 Å². The second kappa shape index (κ2) is 5.88. The minimum atomic E-state index is -0.488. The number of ether oxygens (including phenoxy) is 2. The fraction of sp³-hybridized carbons (Fsp3) is 0.615. The van der Waals surface area contributed by atoms with Crippen molar-refractivity contribution in [1.82, 2.24) is 9.88 Å². The average Bonchev–Trinajstić information content (AvgIpc) is 2.87. The Morgan fingerprint density at radius 2 is 2.30 bits per heavy atom. The van der Waals surface area contributed by atoms with E-state index in [0.717, 1.165) is 11.3 Å². The van der Waals surface area contributed by atoms with Gasteiger partial charge in [-0.2, -0.15) is 0 Å². The van der Waals surface area contributed by atoms with Crippen LogP contribution in [0.4, 0.5) is 0 Å². The molecule has 1 amide bonds. The van der Waals surface area contributed by atoms with Crippen LogP contribution in [-0.4, -0.2) is 53.7 Å². The first-order valence-corrected chi connectivity index (χ1v) is 7.36. The molecule has 1 fully saturated rings. The quantitative estimate of drug-likeness (QED) is 0.792. The van der Waals surface area contributed by atoms with E-state index in [2.05, 4.69) is 4.98 Å². The number of aromatic nitrogens is 1. The summed E-state index contributed by atoms with van der Waals surface area (Å²) < 4.78 is 10.3. The van der Waals surface area contributed by atoms with Crippen LogP contribution in [0, 0.1) is 0 Å². The van der Waals surface area contributed by atoms with Crippen LogP contribution >= 0.6 is 11.3 Å². The van der Waals surface area contributed by atoms with Gasteiger partial charge in [0.05, 0.1) is 25.4 Å². The van der Waals surface area contributed by atoms with E-state index in [-0.39, 0.29) is 28.8 Å². The molecule has 0 unspecified atom stereocenters. The lowest BCUT2D eigenvalue weighted by Gasteiger charge is -2.41. The van der Waals surface area contributed by atoms with E-state index in [9.17, 15) is 9.59 Å². The number of morpholine rings is 1. The third-order valence-electron chi connectivity index (χ3n) is 3.06. The molecule has 2 rings (SSSR count). The van der Waals surface area contributed by atoms with Crippen molar-refractivity contribution in [2.75, 3.05) is 26.4 Å². The van der Waals surface area contributed by atoms with Crippen molar-refractivity contribution < 1.29 is 19.1 Å². The molecule has 0 aliphatic carbocycles. The smallest absolute Gasteiger partial charge is 0.367 e. The normalized spacial score (nSPS) is 17.9. The molecule has 6 nitrogen and oxygen atoms in total. The molecule has 7 heteroatoms. The number of rotatable bonds is 3. The second-order valence-electron chi connectivity index (χ2n) is 5.08. The van der Waals surface area contributed by atoms with Gasteiger partial charge >= 0.3 is 5.97 Å². The Kier molecular flexibility index (Phi) is 4.39. The molecule has 0 spiro atoms. The molecule has 0 atom stereocenters. The maximum absolute atomic E-state index is 12.5. The van der Waals surface area contributed by atoms with Crippen molar-refractivity contribution in [2.45, 2.75) is 26.3 Å². The monoisotopic (exact) mass is 298 g/mol. The highest BCUT2D eigenvalue weighted by molar-refractivity contribution is 7.11. The van der Waals surface area contributed by atoms with Crippen LogP contribution in [0.25, 0.3) is 0 Å². The lowest BCUT2D eigenvalue weighted by Crippen LogP contribution is -2.55. The van der Waals surface area contributed by atoms with Crippen LogP contribution in [0.1, 0.15) is 41.1 Å². The number of amides is 1. The van der Waals surface area contributed by atoms with Crippen molar-refractivity contribution in [3.63, 3.8) is 0 Å². The standard InChI is InChI=1S/C13H18N2O4S/c1-4-19-12(17)10-14-9(7-20-10)11(16)15-5-6-18-8-13(15,2)3/h7H,4-6,8H2,1-3H3. The Labute approximate surface area is 121 Å². The molecular weight excluding hydrogens is 280 g/mol. The van der Waals surface area contributed by atoms with Crippen molar-refractivity contribution in [3.05, 3.63) is 16.1 Å². The summed E-state index contributed by atoms with van der Waals surface area (Å²) in [5.41, 5.74) is -0.0868. The number of thiazole rings is 1. The van der Waals surface area contributed by atoms with E-state index in [4.69, 9.17) is 9.47 Å². The van der Waals surface area contributed by atoms with E-state index < -0.39 is 5.97 Å². The fourth-order valence-corrected chi connectivity index (χ4v) is 2.71. The highest BCUT2D eigenvalue weighted by Crippen LogP contribution is 2.22. The van der Waals surface area contributed by atoms with Gasteiger partial charge in [0.15, 0.2) is 0 Å². The first kappa shape index (κ1) is 14.9. The average molecular weight is 298 g/mol. The zero-order valence-electron chi connectivity index (χ0n) is 11.8. The third-order valence-corrected chi connectivity index (χ3v) is 3.89. The van der Waals surface area contributed by atoms with Crippen LogP contribution in [0.5, 0.6) is 0 Å². The van der Waals surface area contributed by atoms with Gasteiger partial charge in [0.2, 0.25) is 5.01 Å². The molecule has 0 N–H and O–H groups in total. The van der Waals surface area contributed by atoms with Crippen LogP contribution in [-0.2, 0) is 9.47 Å². The SMILES string of the molecule is CCOC(=O)c1nc(C(=O)N2CCOCC2(C)C)cs1. The number of nitrogens with zero attached hydrogens (tertiary/aromatic N) is 2. The molecule has 1 aliphatic heterocycles. The van der Waals surface area contributed by atoms with Gasteiger partial charge in [-0.3, -0.25) is 4.79 Å². The van der Waals surface area contributed by atoms with E-state index in [0.29, 0.717) is 19.8 Å². The fourth-order valence-electron chi connectivity index (χ4n) is 2.03. The zero-order valence-corrected chi connectivity index (χ0v) is 12.7. The number of esters is 1. The van der Waals surface area contributed by atoms with Gasteiger partial charge in [0.25, 0.3) is 5.91 Å². The minimum absolute atomic E-state index is 0.176. The molecule has 20 heavy (non-hydrogen) atoms. The number of hydrogen-bond acceptors (Lipinski definition) is 6. The molecule has 1 aromatic heterocycles. The van der Waals surface area contributed by atoms with Crippen LogP contribution < -0.4 is 0 Å². The number of carbonyl (C=O) groups is 2. The van der Waals surface area contributed by atoms with E-state index in [1.165, 1.54) is 0 Å². The summed E-state index contributed by atoms with van der Waals surface area (Å²) in [4.78, 5) is 29.9. The summed E-state index contributed by atoms with van der Waals surface area (Å²) in [5, 5.41) is 1.81. The van der Waals surface area contributed by atoms with Gasteiger partial charge in [-0.1, -0.05) is 0 Å². The maximum atomic E-state index is 12.5. The Morgan fingerprint density at radius 1 is 1.55 bits per heavy atom. The van der Waals surface area contributed by atoms with Gasteiger partial charge in [-0.05, 0) is 20.8 Å². The highest BCUT2D eigenvalue weighted by atomic mass is 32.1. The summed E-state index contributed by atoms with van der Waals surface area (Å²) in [6.07, 6.45) is 0. The Morgan fingerprint density at radius 3 is 2.95 bits per heavy atom. The van der Waals surface area contributed by atoms with Crippen LogP contribution in [0.15, 0.2) is 5.38 Å². The van der Waals surface area contributed by atoms with E-state index in [1.54, 1.807) is 17.2 Å². The molecule has 2 heterocycles. The van der Waals surface area contributed by atoms with Crippen molar-refractivity contribution in [3.8, 4) is 0 Å². The number of carbonyl (C=O) groups excluding carboxylic acids is 2. The summed E-state index contributed by atoms with van der Waals surface area (Å²) in [7, 11) is 0. The molecule has 1 aliphatic rings. The predicted molar refractivity (Wildman–Crippen MR) is 74.0 cm³/mol. The lowest BCUT2D eigenvalue weighted by atomic mass is 10.0. The van der Waals surface area contributed by atoms with Gasteiger partial charge < -0.3 is 14.4 Å². The van der Waals surface area contributed by atoms with Crippen molar-refractivity contribution in [1.29, 1.82) is 0 Å². The Bertz CT molecular complexity index is 512. The summed E-state index contributed by atoms with van der Waals surface area (Å²) in [5.74, 6) is -0.664. The van der Waals surface area contributed by atoms with Crippen LogP contribution in [0.2, 0.25) is 0 Å². The van der Waals surface area contributed by atoms with Crippen molar-refractivity contribution in [2.24, 2.45) is 0 Å². The minimum Gasteiger partial charge on any atom is -0.461 e. The molecule has 0 bridgehead atoms. The third kappa shape index (κ3) is 2.99. The maximum Gasteiger partial charge on any atom is 0.367 e. The summed E-state index contributed by atoms with van der Waals surface area (Å²) in [6.45, 7) is 7.45. The van der Waals surface area contributed by atoms with Crippen LogP contribution in [0.3, 0.4) is 0 Å². The second-order valence-corrected chi connectivity index (χ2v) is 5.94. The first-order chi connectivity index (χ1) is 9.45. The van der Waals surface area contributed by atoms with Gasteiger partial charge in [0.1, 0.15) is 5.69 Å². The van der Waals surface area contributed by atoms with E-state index in [1.807, 2.05) is 13.8 Å². The summed E-state index contributed by atoms with van der Waals surface area (Å²) in [6, 6.07) is 0. The largest absolute Gasteiger partial charge is 0.461 e. The Hall–Kier alpha value is -1.47. The van der Waals surface area contributed by atoms with E-state index >= 15 is 0 Å². The Balaban J connectivity index is 2.15. The first-order valence-electron chi connectivity index (χ1n) is 6.48. The number of hydrogen-bond donors (Lipinski definition) is 0. The molecule has 0 radical (unpaired) electrons. The predicted octanol–water partition coefficient (Wildman–Crippen LogP) is 1.57. The van der Waals surface area contributed by atoms with Gasteiger partial charge in [-0.25, -0.2) is 9.78 Å². The topological polar surface area (TPSA) is 68.7 Å². The molecule has 0 aromatic carbocycles. The molecular formula is C13H18N2O4S. The molecule has 1 aromatic rings. The highest BCUT2D eigenvalue weighted by Gasteiger charge is 2.35.